The molecule has 0 saturated carbocycles. The SMILES string of the molecule is COC(=O)C(NC(=O)c1nc(CNC(=O)OC(C)(C)C)ccc1F)C(C)O. The zero-order valence-electron chi connectivity index (χ0n) is 15.8. The molecule has 0 radical (unpaired) electrons. The van der Waals surface area contributed by atoms with Gasteiger partial charge in [-0.2, -0.15) is 0 Å². The molecule has 0 aliphatic heterocycles. The summed E-state index contributed by atoms with van der Waals surface area (Å²) in [7, 11) is 1.09. The van der Waals surface area contributed by atoms with Gasteiger partial charge in [0, 0.05) is 0 Å². The van der Waals surface area contributed by atoms with Crippen LogP contribution in [0.15, 0.2) is 12.1 Å². The number of pyridine rings is 1. The van der Waals surface area contributed by atoms with E-state index in [2.05, 4.69) is 20.4 Å². The van der Waals surface area contributed by atoms with Gasteiger partial charge in [-0.25, -0.2) is 19.0 Å². The lowest BCUT2D eigenvalue weighted by Crippen LogP contribution is -2.48. The van der Waals surface area contributed by atoms with Crippen molar-refractivity contribution >= 4 is 18.0 Å². The van der Waals surface area contributed by atoms with Crippen molar-refractivity contribution in [2.24, 2.45) is 0 Å². The van der Waals surface area contributed by atoms with Crippen LogP contribution in [0.2, 0.25) is 0 Å². The number of rotatable bonds is 6. The summed E-state index contributed by atoms with van der Waals surface area (Å²) in [5.74, 6) is -2.83. The fraction of sp³-hybridized carbons (Fsp3) is 0.529. The zero-order chi connectivity index (χ0) is 20.8. The maximum Gasteiger partial charge on any atom is 0.407 e. The second kappa shape index (κ2) is 9.26. The van der Waals surface area contributed by atoms with Crippen LogP contribution in [-0.4, -0.2) is 52.9 Å². The Labute approximate surface area is 156 Å². The van der Waals surface area contributed by atoms with Gasteiger partial charge in [-0.15, -0.1) is 0 Å². The van der Waals surface area contributed by atoms with E-state index in [9.17, 15) is 23.9 Å². The van der Waals surface area contributed by atoms with E-state index in [1.165, 1.54) is 13.0 Å². The largest absolute Gasteiger partial charge is 0.467 e. The molecule has 0 fully saturated rings. The number of aromatic nitrogens is 1. The topological polar surface area (TPSA) is 127 Å². The molecule has 0 bridgehead atoms. The van der Waals surface area contributed by atoms with Gasteiger partial charge in [-0.3, -0.25) is 4.79 Å². The third-order valence-corrected chi connectivity index (χ3v) is 3.16. The van der Waals surface area contributed by atoms with Crippen molar-refractivity contribution in [3.05, 3.63) is 29.3 Å². The van der Waals surface area contributed by atoms with E-state index >= 15 is 0 Å². The van der Waals surface area contributed by atoms with E-state index < -0.39 is 47.2 Å². The molecule has 1 rings (SSSR count). The number of esters is 1. The van der Waals surface area contributed by atoms with Gasteiger partial charge in [0.2, 0.25) is 0 Å². The quantitative estimate of drug-likeness (QED) is 0.621. The van der Waals surface area contributed by atoms with Crippen LogP contribution in [0.5, 0.6) is 0 Å². The van der Waals surface area contributed by atoms with Crippen molar-refractivity contribution in [2.75, 3.05) is 7.11 Å². The third kappa shape index (κ3) is 7.18. The molecule has 3 N–H and O–H groups in total. The van der Waals surface area contributed by atoms with Crippen molar-refractivity contribution in [3.8, 4) is 0 Å². The van der Waals surface area contributed by atoms with Crippen LogP contribution >= 0.6 is 0 Å². The number of hydrogen-bond acceptors (Lipinski definition) is 7. The van der Waals surface area contributed by atoms with E-state index in [1.54, 1.807) is 20.8 Å². The lowest BCUT2D eigenvalue weighted by Gasteiger charge is -2.20. The molecule has 10 heteroatoms. The van der Waals surface area contributed by atoms with E-state index in [-0.39, 0.29) is 12.2 Å². The Morgan fingerprint density at radius 2 is 1.93 bits per heavy atom. The summed E-state index contributed by atoms with van der Waals surface area (Å²) in [5.41, 5.74) is -1.08. The summed E-state index contributed by atoms with van der Waals surface area (Å²) >= 11 is 0. The monoisotopic (exact) mass is 385 g/mol. The first-order valence-corrected chi connectivity index (χ1v) is 8.13. The summed E-state index contributed by atoms with van der Waals surface area (Å²) < 4.78 is 23.5. The molecule has 1 aromatic heterocycles. The molecule has 1 aromatic rings. The lowest BCUT2D eigenvalue weighted by atomic mass is 10.1. The maximum absolute atomic E-state index is 14.0. The summed E-state index contributed by atoms with van der Waals surface area (Å²) in [4.78, 5) is 39.3. The molecule has 2 amide bonds. The predicted octanol–water partition coefficient (Wildman–Crippen LogP) is 0.898. The van der Waals surface area contributed by atoms with Gasteiger partial charge in [0.1, 0.15) is 5.60 Å². The van der Waals surface area contributed by atoms with Crippen molar-refractivity contribution in [1.82, 2.24) is 15.6 Å². The van der Waals surface area contributed by atoms with Gasteiger partial charge < -0.3 is 25.2 Å². The molecule has 0 saturated heterocycles. The fourth-order valence-electron chi connectivity index (χ4n) is 1.93. The van der Waals surface area contributed by atoms with Crippen LogP contribution in [0, 0.1) is 5.82 Å². The number of carbonyl (C=O) groups excluding carboxylic acids is 3. The van der Waals surface area contributed by atoms with Gasteiger partial charge in [0.05, 0.1) is 25.5 Å². The predicted molar refractivity (Wildman–Crippen MR) is 92.2 cm³/mol. The van der Waals surface area contributed by atoms with Crippen LogP contribution in [0.3, 0.4) is 0 Å². The Balaban J connectivity index is 2.87. The molecule has 0 aromatic carbocycles. The highest BCUT2D eigenvalue weighted by Crippen LogP contribution is 2.09. The van der Waals surface area contributed by atoms with E-state index in [0.29, 0.717) is 0 Å². The fourth-order valence-corrected chi connectivity index (χ4v) is 1.93. The Kier molecular flexibility index (Phi) is 7.65. The molecule has 27 heavy (non-hydrogen) atoms. The summed E-state index contributed by atoms with van der Waals surface area (Å²) in [6, 6.07) is 0.909. The van der Waals surface area contributed by atoms with Gasteiger partial charge in [-0.1, -0.05) is 0 Å². The zero-order valence-corrected chi connectivity index (χ0v) is 15.8. The normalized spacial score (nSPS) is 13.3. The van der Waals surface area contributed by atoms with Crippen LogP contribution in [0.1, 0.15) is 43.9 Å². The Bertz CT molecular complexity index is 702. The molecular formula is C17H24FN3O6. The number of ether oxygens (including phenoxy) is 2. The van der Waals surface area contributed by atoms with Crippen molar-refractivity contribution in [1.29, 1.82) is 0 Å². The Hall–Kier alpha value is -2.75. The first-order chi connectivity index (χ1) is 12.4. The standard InChI is InChI=1S/C17H24FN3O6/c1-9(22)12(15(24)26-5)21-14(23)13-11(18)7-6-10(20-13)8-19-16(25)27-17(2,3)4/h6-7,9,12,22H,8H2,1-5H3,(H,19,25)(H,21,23). The minimum absolute atomic E-state index is 0.105. The van der Waals surface area contributed by atoms with Crippen LogP contribution in [-0.2, 0) is 20.8 Å². The number of alkyl carbamates (subject to hydrolysis) is 1. The highest BCUT2D eigenvalue weighted by molar-refractivity contribution is 5.95. The summed E-state index contributed by atoms with van der Waals surface area (Å²) in [5, 5.41) is 14.2. The van der Waals surface area contributed by atoms with Gasteiger partial charge in [0.25, 0.3) is 5.91 Å². The summed E-state index contributed by atoms with van der Waals surface area (Å²) in [6.07, 6.45) is -1.96. The lowest BCUT2D eigenvalue weighted by molar-refractivity contribution is -0.145. The van der Waals surface area contributed by atoms with Crippen molar-refractivity contribution in [2.45, 2.75) is 52.0 Å². The molecule has 0 spiro atoms. The molecule has 0 aliphatic carbocycles. The molecule has 9 nitrogen and oxygen atoms in total. The first-order valence-electron chi connectivity index (χ1n) is 8.13. The number of nitrogens with zero attached hydrogens (tertiary/aromatic N) is 1. The van der Waals surface area contributed by atoms with E-state index in [1.807, 2.05) is 0 Å². The molecule has 2 unspecified atom stereocenters. The molecule has 0 aliphatic rings. The number of amides is 2. The molecule has 150 valence electrons. The van der Waals surface area contributed by atoms with Gasteiger partial charge in [-0.05, 0) is 39.8 Å². The van der Waals surface area contributed by atoms with E-state index in [4.69, 9.17) is 4.74 Å². The number of carbonyl (C=O) groups is 3. The highest BCUT2D eigenvalue weighted by atomic mass is 19.1. The first kappa shape index (κ1) is 22.3. The van der Waals surface area contributed by atoms with Crippen LogP contribution in [0.25, 0.3) is 0 Å². The van der Waals surface area contributed by atoms with Crippen molar-refractivity contribution in [3.63, 3.8) is 0 Å². The van der Waals surface area contributed by atoms with Crippen molar-refractivity contribution < 1.29 is 33.4 Å². The molecular weight excluding hydrogens is 361 g/mol. The minimum Gasteiger partial charge on any atom is -0.467 e. The second-order valence-corrected chi connectivity index (χ2v) is 6.70. The average molecular weight is 385 g/mol. The van der Waals surface area contributed by atoms with Gasteiger partial charge in [0.15, 0.2) is 17.6 Å². The maximum atomic E-state index is 14.0. The van der Waals surface area contributed by atoms with Crippen LogP contribution < -0.4 is 10.6 Å². The number of aliphatic hydroxyl groups excluding tert-OH is 1. The van der Waals surface area contributed by atoms with E-state index in [0.717, 1.165) is 13.2 Å². The van der Waals surface area contributed by atoms with Crippen LogP contribution in [0.4, 0.5) is 9.18 Å². The number of nitrogens with one attached hydrogen (secondary N) is 2. The molecule has 2 atom stereocenters. The molecule has 1 heterocycles. The van der Waals surface area contributed by atoms with Gasteiger partial charge >= 0.3 is 12.1 Å². The number of aliphatic hydroxyl groups is 1. The average Bonchev–Trinajstić information content (AvgIpc) is 2.56. The second-order valence-electron chi connectivity index (χ2n) is 6.70. The Morgan fingerprint density at radius 1 is 1.30 bits per heavy atom. The third-order valence-electron chi connectivity index (χ3n) is 3.16. The minimum atomic E-state index is -1.38. The number of methoxy groups -OCH3 is 1. The number of hydrogen-bond donors (Lipinski definition) is 3. The Morgan fingerprint density at radius 3 is 2.44 bits per heavy atom. The smallest absolute Gasteiger partial charge is 0.407 e. The summed E-state index contributed by atoms with van der Waals surface area (Å²) in [6.45, 7) is 6.26. The number of halogens is 1. The highest BCUT2D eigenvalue weighted by Gasteiger charge is 2.28.